The lowest BCUT2D eigenvalue weighted by atomic mass is 10.2. The molecule has 0 atom stereocenters. The van der Waals surface area contributed by atoms with Gasteiger partial charge >= 0.3 is 0 Å². The van der Waals surface area contributed by atoms with Crippen LogP contribution < -0.4 is 15.4 Å². The number of para-hydroxylation sites is 1. The molecule has 6 heteroatoms. The number of carbonyl (C=O) groups excluding carboxylic acids is 2. The number of rotatable bonds is 6. The molecule has 0 aliphatic carbocycles. The lowest BCUT2D eigenvalue weighted by Gasteiger charge is -2.08. The summed E-state index contributed by atoms with van der Waals surface area (Å²) in [6.07, 6.45) is 0. The summed E-state index contributed by atoms with van der Waals surface area (Å²) >= 11 is 0. The first-order valence-electron chi connectivity index (χ1n) is 5.76. The van der Waals surface area contributed by atoms with Gasteiger partial charge in [-0.25, -0.2) is 0 Å². The summed E-state index contributed by atoms with van der Waals surface area (Å²) in [5, 5.41) is 14.0. The van der Waals surface area contributed by atoms with E-state index >= 15 is 0 Å². The normalized spacial score (nSPS) is 9.26. The van der Waals surface area contributed by atoms with Crippen molar-refractivity contribution < 1.29 is 14.3 Å². The van der Waals surface area contributed by atoms with Crippen LogP contribution in [-0.4, -0.2) is 31.5 Å². The number of ether oxygens (including phenoxy) is 1. The number of carbonyl (C=O) groups is 2. The maximum Gasteiger partial charge on any atom is 0.258 e. The Balaban J connectivity index is 2.30. The van der Waals surface area contributed by atoms with E-state index in [-0.39, 0.29) is 18.4 Å². The molecule has 100 valence electrons. The number of amides is 2. The largest absolute Gasteiger partial charge is 0.482 e. The highest BCUT2D eigenvalue weighted by atomic mass is 16.5. The third-order valence-electron chi connectivity index (χ3n) is 2.19. The van der Waals surface area contributed by atoms with Crippen LogP contribution >= 0.6 is 0 Å². The van der Waals surface area contributed by atoms with E-state index in [1.165, 1.54) is 6.92 Å². The van der Waals surface area contributed by atoms with Crippen LogP contribution in [0.5, 0.6) is 5.75 Å². The number of hydrogen-bond acceptors (Lipinski definition) is 4. The standard InChI is InChI=1S/C13H15N3O3/c1-10(17)15-6-7-16-13(18)9-19-12-5-3-2-4-11(12)8-14/h2-5H,6-7,9H2,1H3,(H,15,17)(H,16,18). The summed E-state index contributed by atoms with van der Waals surface area (Å²) < 4.78 is 5.25. The summed E-state index contributed by atoms with van der Waals surface area (Å²) in [6, 6.07) is 8.67. The fourth-order valence-electron chi connectivity index (χ4n) is 1.32. The van der Waals surface area contributed by atoms with Crippen LogP contribution in [0, 0.1) is 11.3 Å². The second kappa shape index (κ2) is 7.71. The molecule has 0 aliphatic rings. The summed E-state index contributed by atoms with van der Waals surface area (Å²) in [5.41, 5.74) is 0.383. The molecule has 1 aromatic rings. The Bertz CT molecular complexity index is 494. The van der Waals surface area contributed by atoms with Crippen molar-refractivity contribution in [2.75, 3.05) is 19.7 Å². The molecule has 6 nitrogen and oxygen atoms in total. The fraction of sp³-hybridized carbons (Fsp3) is 0.308. The van der Waals surface area contributed by atoms with Crippen LogP contribution in [0.2, 0.25) is 0 Å². The van der Waals surface area contributed by atoms with Gasteiger partial charge < -0.3 is 15.4 Å². The molecule has 2 N–H and O–H groups in total. The zero-order chi connectivity index (χ0) is 14.1. The molecule has 0 heterocycles. The minimum atomic E-state index is -0.307. The second-order valence-electron chi connectivity index (χ2n) is 3.73. The molecule has 0 radical (unpaired) electrons. The van der Waals surface area contributed by atoms with E-state index in [9.17, 15) is 9.59 Å². The highest BCUT2D eigenvalue weighted by Crippen LogP contribution is 2.15. The number of hydrogen-bond donors (Lipinski definition) is 2. The van der Waals surface area contributed by atoms with Crippen molar-refractivity contribution in [3.63, 3.8) is 0 Å². The van der Waals surface area contributed by atoms with E-state index < -0.39 is 0 Å². The first kappa shape index (κ1) is 14.5. The highest BCUT2D eigenvalue weighted by Gasteiger charge is 2.05. The molecule has 2 amide bonds. The van der Waals surface area contributed by atoms with Crippen LogP contribution in [0.3, 0.4) is 0 Å². The quantitative estimate of drug-likeness (QED) is 0.715. The summed E-state index contributed by atoms with van der Waals surface area (Å²) in [6.45, 7) is 1.94. The average molecular weight is 261 g/mol. The van der Waals surface area contributed by atoms with Crippen LogP contribution in [0.15, 0.2) is 24.3 Å². The molecule has 19 heavy (non-hydrogen) atoms. The van der Waals surface area contributed by atoms with E-state index in [4.69, 9.17) is 10.00 Å². The number of nitriles is 1. The number of nitrogens with zero attached hydrogens (tertiary/aromatic N) is 1. The zero-order valence-electron chi connectivity index (χ0n) is 10.6. The second-order valence-corrected chi connectivity index (χ2v) is 3.73. The first-order chi connectivity index (χ1) is 9.13. The average Bonchev–Trinajstić information content (AvgIpc) is 2.41. The maximum atomic E-state index is 11.4. The van der Waals surface area contributed by atoms with Gasteiger partial charge in [-0.2, -0.15) is 5.26 Å². The number of nitrogens with one attached hydrogen (secondary N) is 2. The van der Waals surface area contributed by atoms with Crippen molar-refractivity contribution in [1.82, 2.24) is 10.6 Å². The molecule has 0 unspecified atom stereocenters. The zero-order valence-corrected chi connectivity index (χ0v) is 10.6. The van der Waals surface area contributed by atoms with Crippen LogP contribution in [-0.2, 0) is 9.59 Å². The number of benzene rings is 1. The Morgan fingerprint density at radius 2 is 1.95 bits per heavy atom. The highest BCUT2D eigenvalue weighted by molar-refractivity contribution is 5.77. The van der Waals surface area contributed by atoms with E-state index in [0.29, 0.717) is 24.4 Å². The maximum absolute atomic E-state index is 11.4. The molecular weight excluding hydrogens is 246 g/mol. The molecule has 0 saturated carbocycles. The Hall–Kier alpha value is -2.55. The van der Waals surface area contributed by atoms with Gasteiger partial charge in [-0.15, -0.1) is 0 Å². The van der Waals surface area contributed by atoms with Gasteiger partial charge in [-0.05, 0) is 12.1 Å². The van der Waals surface area contributed by atoms with Crippen molar-refractivity contribution >= 4 is 11.8 Å². The van der Waals surface area contributed by atoms with Gasteiger partial charge in [-0.3, -0.25) is 9.59 Å². The predicted molar refractivity (Wildman–Crippen MR) is 68.3 cm³/mol. The monoisotopic (exact) mass is 261 g/mol. The SMILES string of the molecule is CC(=O)NCCNC(=O)COc1ccccc1C#N. The molecule has 1 rings (SSSR count). The minimum absolute atomic E-state index is 0.145. The predicted octanol–water partition coefficient (Wildman–Crippen LogP) is 0.189. The fourth-order valence-corrected chi connectivity index (χ4v) is 1.32. The van der Waals surface area contributed by atoms with Crippen molar-refractivity contribution in [2.24, 2.45) is 0 Å². The lowest BCUT2D eigenvalue weighted by molar-refractivity contribution is -0.123. The molecular formula is C13H15N3O3. The summed E-state index contributed by atoms with van der Waals surface area (Å²) in [7, 11) is 0. The Morgan fingerprint density at radius 1 is 1.26 bits per heavy atom. The van der Waals surface area contributed by atoms with Gasteiger partial charge in [-0.1, -0.05) is 12.1 Å². The Kier molecular flexibility index (Phi) is 5.89. The van der Waals surface area contributed by atoms with Gasteiger partial charge in [0.25, 0.3) is 5.91 Å². The smallest absolute Gasteiger partial charge is 0.258 e. The van der Waals surface area contributed by atoms with Gasteiger partial charge in [0.1, 0.15) is 11.8 Å². The van der Waals surface area contributed by atoms with E-state index in [2.05, 4.69) is 10.6 Å². The van der Waals surface area contributed by atoms with Crippen molar-refractivity contribution in [2.45, 2.75) is 6.92 Å². The first-order valence-corrected chi connectivity index (χ1v) is 5.76. The third kappa shape index (κ3) is 5.55. The van der Waals surface area contributed by atoms with Crippen LogP contribution in [0.4, 0.5) is 0 Å². The minimum Gasteiger partial charge on any atom is -0.482 e. The van der Waals surface area contributed by atoms with E-state index in [1.54, 1.807) is 24.3 Å². The molecule has 0 fully saturated rings. The molecule has 0 aromatic heterocycles. The third-order valence-corrected chi connectivity index (χ3v) is 2.19. The van der Waals surface area contributed by atoms with Gasteiger partial charge in [0.15, 0.2) is 6.61 Å². The van der Waals surface area contributed by atoms with Crippen molar-refractivity contribution in [3.8, 4) is 11.8 Å². The van der Waals surface area contributed by atoms with Gasteiger partial charge in [0, 0.05) is 20.0 Å². The Morgan fingerprint density at radius 3 is 2.63 bits per heavy atom. The summed E-state index contributed by atoms with van der Waals surface area (Å²) in [5.74, 6) is -0.0754. The van der Waals surface area contributed by atoms with Crippen molar-refractivity contribution in [1.29, 1.82) is 5.26 Å². The molecule has 0 aliphatic heterocycles. The topological polar surface area (TPSA) is 91.2 Å². The summed E-state index contributed by atoms with van der Waals surface area (Å²) in [4.78, 5) is 22.0. The van der Waals surface area contributed by atoms with E-state index in [1.807, 2.05) is 6.07 Å². The van der Waals surface area contributed by atoms with Crippen molar-refractivity contribution in [3.05, 3.63) is 29.8 Å². The lowest BCUT2D eigenvalue weighted by Crippen LogP contribution is -2.36. The van der Waals surface area contributed by atoms with Gasteiger partial charge in [0.05, 0.1) is 5.56 Å². The molecule has 0 bridgehead atoms. The molecule has 0 saturated heterocycles. The Labute approximate surface area is 111 Å². The molecule has 1 aromatic carbocycles. The van der Waals surface area contributed by atoms with Gasteiger partial charge in [0.2, 0.25) is 5.91 Å². The molecule has 0 spiro atoms. The van der Waals surface area contributed by atoms with E-state index in [0.717, 1.165) is 0 Å². The van der Waals surface area contributed by atoms with Crippen LogP contribution in [0.1, 0.15) is 12.5 Å². The van der Waals surface area contributed by atoms with Crippen LogP contribution in [0.25, 0.3) is 0 Å².